The van der Waals surface area contributed by atoms with E-state index < -0.39 is 0 Å². The first kappa shape index (κ1) is 22.5. The second-order valence-corrected chi connectivity index (χ2v) is 7.75. The van der Waals surface area contributed by atoms with Crippen LogP contribution in [0.15, 0.2) is 24.3 Å². The van der Waals surface area contributed by atoms with Crippen molar-refractivity contribution in [2.45, 2.75) is 98.1 Å². The van der Waals surface area contributed by atoms with E-state index in [1.54, 1.807) is 0 Å². The van der Waals surface area contributed by atoms with Crippen LogP contribution in [0.3, 0.4) is 0 Å². The molecule has 0 aliphatic carbocycles. The third kappa shape index (κ3) is 8.25. The maximum atomic E-state index is 12.7. The summed E-state index contributed by atoms with van der Waals surface area (Å²) in [4.78, 5) is 14.6. The Morgan fingerprint density at radius 1 is 0.846 bits per heavy atom. The fourth-order valence-corrected chi connectivity index (χ4v) is 3.33. The van der Waals surface area contributed by atoms with Gasteiger partial charge in [-0.15, -0.1) is 0 Å². The molecule has 0 aliphatic heterocycles. The first-order chi connectivity index (χ1) is 12.5. The summed E-state index contributed by atoms with van der Waals surface area (Å²) in [6, 6.07) is 7.97. The van der Waals surface area contributed by atoms with E-state index in [4.69, 9.17) is 4.74 Å². The summed E-state index contributed by atoms with van der Waals surface area (Å²) >= 11 is 0. The van der Waals surface area contributed by atoms with Crippen molar-refractivity contribution in [3.05, 3.63) is 29.8 Å². The number of carbonyl (C=O) groups excluding carboxylic acids is 1. The molecule has 0 bridgehead atoms. The predicted molar refractivity (Wildman–Crippen MR) is 111 cm³/mol. The molecule has 0 aromatic heterocycles. The van der Waals surface area contributed by atoms with E-state index in [9.17, 15) is 4.79 Å². The highest BCUT2D eigenvalue weighted by molar-refractivity contribution is 5.94. The number of rotatable bonds is 13. The maximum absolute atomic E-state index is 12.7. The van der Waals surface area contributed by atoms with Crippen LogP contribution in [0.25, 0.3) is 0 Å². The lowest BCUT2D eigenvalue weighted by molar-refractivity contribution is 0.0643. The molecule has 26 heavy (non-hydrogen) atoms. The molecule has 1 aromatic carbocycles. The van der Waals surface area contributed by atoms with Crippen molar-refractivity contribution in [3.8, 4) is 5.75 Å². The molecule has 0 spiro atoms. The molecular weight excluding hydrogens is 322 g/mol. The van der Waals surface area contributed by atoms with Crippen molar-refractivity contribution >= 4 is 5.91 Å². The van der Waals surface area contributed by atoms with Gasteiger partial charge in [0.25, 0.3) is 5.91 Å². The molecule has 0 saturated carbocycles. The van der Waals surface area contributed by atoms with Crippen LogP contribution in [0, 0.1) is 0 Å². The summed E-state index contributed by atoms with van der Waals surface area (Å²) in [6.45, 7) is 11.2. The van der Waals surface area contributed by atoms with Crippen LogP contribution in [-0.2, 0) is 0 Å². The Labute approximate surface area is 161 Å². The molecule has 1 aromatic rings. The van der Waals surface area contributed by atoms with Crippen molar-refractivity contribution in [1.29, 1.82) is 0 Å². The first-order valence-electron chi connectivity index (χ1n) is 10.5. The number of nitrogens with zero attached hydrogens (tertiary/aromatic N) is 1. The van der Waals surface area contributed by atoms with E-state index >= 15 is 0 Å². The Kier molecular flexibility index (Phi) is 11.1. The molecule has 1 rings (SSSR count). The second kappa shape index (κ2) is 12.8. The summed E-state index contributed by atoms with van der Waals surface area (Å²) in [5, 5.41) is 0. The Hall–Kier alpha value is -1.51. The fourth-order valence-electron chi connectivity index (χ4n) is 3.33. The summed E-state index contributed by atoms with van der Waals surface area (Å²) in [5.41, 5.74) is 0.729. The number of carbonyl (C=O) groups is 1. The summed E-state index contributed by atoms with van der Waals surface area (Å²) < 4.78 is 5.82. The molecule has 0 atom stereocenters. The van der Waals surface area contributed by atoms with Gasteiger partial charge in [-0.1, -0.05) is 51.9 Å². The van der Waals surface area contributed by atoms with Gasteiger partial charge in [0.05, 0.1) is 6.61 Å². The van der Waals surface area contributed by atoms with Gasteiger partial charge in [-0.05, 0) is 58.4 Å². The third-order valence-corrected chi connectivity index (χ3v) is 4.72. The zero-order valence-corrected chi connectivity index (χ0v) is 17.6. The van der Waals surface area contributed by atoms with Crippen molar-refractivity contribution in [3.63, 3.8) is 0 Å². The average molecular weight is 362 g/mol. The lowest BCUT2D eigenvalue weighted by Crippen LogP contribution is -2.42. The molecule has 0 aliphatic rings. The van der Waals surface area contributed by atoms with Crippen LogP contribution < -0.4 is 4.74 Å². The van der Waals surface area contributed by atoms with Gasteiger partial charge in [-0.2, -0.15) is 0 Å². The Morgan fingerprint density at radius 3 is 1.85 bits per heavy atom. The minimum absolute atomic E-state index is 0.0876. The Balaban J connectivity index is 2.31. The zero-order chi connectivity index (χ0) is 19.4. The Morgan fingerprint density at radius 2 is 1.35 bits per heavy atom. The number of benzene rings is 1. The van der Waals surface area contributed by atoms with Crippen LogP contribution in [-0.4, -0.2) is 29.5 Å². The molecule has 0 N–H and O–H groups in total. The minimum Gasteiger partial charge on any atom is -0.494 e. The number of unbranched alkanes of at least 4 members (excludes halogenated alkanes) is 7. The predicted octanol–water partition coefficient (Wildman–Crippen LogP) is 6.47. The lowest BCUT2D eigenvalue weighted by atomic mass is 10.1. The number of ether oxygens (including phenoxy) is 1. The smallest absolute Gasteiger partial charge is 0.254 e. The summed E-state index contributed by atoms with van der Waals surface area (Å²) in [5.74, 6) is 0.940. The maximum Gasteiger partial charge on any atom is 0.254 e. The van der Waals surface area contributed by atoms with Crippen LogP contribution in [0.2, 0.25) is 0 Å². The van der Waals surface area contributed by atoms with Crippen LogP contribution in [0.4, 0.5) is 0 Å². The van der Waals surface area contributed by atoms with Crippen LogP contribution in [0.5, 0.6) is 5.75 Å². The molecular formula is C23H39NO2. The standard InChI is InChI=1S/C23H39NO2/c1-6-7-8-9-10-11-12-13-18-26-22-16-14-21(15-17-22)23(25)24(19(2)3)20(4)5/h14-17,19-20H,6-13,18H2,1-5H3. The highest BCUT2D eigenvalue weighted by Gasteiger charge is 2.21. The summed E-state index contributed by atoms with van der Waals surface area (Å²) in [6.07, 6.45) is 10.4. The molecule has 0 fully saturated rings. The van der Waals surface area contributed by atoms with Crippen LogP contribution >= 0.6 is 0 Å². The highest BCUT2D eigenvalue weighted by atomic mass is 16.5. The van der Waals surface area contributed by atoms with E-state index in [0.717, 1.165) is 24.3 Å². The van der Waals surface area contributed by atoms with E-state index in [0.29, 0.717) is 0 Å². The van der Waals surface area contributed by atoms with Gasteiger partial charge >= 0.3 is 0 Å². The Bertz CT molecular complexity index is 485. The van der Waals surface area contributed by atoms with E-state index in [1.165, 1.54) is 44.9 Å². The minimum atomic E-state index is 0.0876. The normalized spacial score (nSPS) is 11.2. The first-order valence-corrected chi connectivity index (χ1v) is 10.5. The van der Waals surface area contributed by atoms with E-state index in [-0.39, 0.29) is 18.0 Å². The van der Waals surface area contributed by atoms with Crippen molar-refractivity contribution in [2.24, 2.45) is 0 Å². The number of hydrogen-bond donors (Lipinski definition) is 0. The summed E-state index contributed by atoms with van der Waals surface area (Å²) in [7, 11) is 0. The quantitative estimate of drug-likeness (QED) is 0.377. The van der Waals surface area contributed by atoms with Crippen molar-refractivity contribution in [2.75, 3.05) is 6.61 Å². The van der Waals surface area contributed by atoms with Gasteiger partial charge < -0.3 is 9.64 Å². The van der Waals surface area contributed by atoms with Gasteiger partial charge in [0.15, 0.2) is 0 Å². The largest absolute Gasteiger partial charge is 0.494 e. The van der Waals surface area contributed by atoms with Gasteiger partial charge in [0.1, 0.15) is 5.75 Å². The van der Waals surface area contributed by atoms with Crippen molar-refractivity contribution < 1.29 is 9.53 Å². The van der Waals surface area contributed by atoms with Crippen molar-refractivity contribution in [1.82, 2.24) is 4.90 Å². The molecule has 3 nitrogen and oxygen atoms in total. The third-order valence-electron chi connectivity index (χ3n) is 4.72. The molecule has 0 radical (unpaired) electrons. The molecule has 0 heterocycles. The molecule has 1 amide bonds. The lowest BCUT2D eigenvalue weighted by Gasteiger charge is -2.30. The molecule has 3 heteroatoms. The van der Waals surface area contributed by atoms with Gasteiger partial charge in [-0.3, -0.25) is 4.79 Å². The fraction of sp³-hybridized carbons (Fsp3) is 0.696. The molecule has 0 saturated heterocycles. The van der Waals surface area contributed by atoms with Gasteiger partial charge in [0, 0.05) is 17.6 Å². The monoisotopic (exact) mass is 361 g/mol. The SMILES string of the molecule is CCCCCCCCCCOc1ccc(C(=O)N(C(C)C)C(C)C)cc1. The number of amides is 1. The van der Waals surface area contributed by atoms with Gasteiger partial charge in [0.2, 0.25) is 0 Å². The molecule has 148 valence electrons. The number of hydrogen-bond acceptors (Lipinski definition) is 2. The highest BCUT2D eigenvalue weighted by Crippen LogP contribution is 2.17. The molecule has 0 unspecified atom stereocenters. The van der Waals surface area contributed by atoms with E-state index in [2.05, 4.69) is 34.6 Å². The average Bonchev–Trinajstić information content (AvgIpc) is 2.60. The zero-order valence-electron chi connectivity index (χ0n) is 17.6. The topological polar surface area (TPSA) is 29.5 Å². The van der Waals surface area contributed by atoms with Crippen LogP contribution in [0.1, 0.15) is 96.3 Å². The second-order valence-electron chi connectivity index (χ2n) is 7.75. The van der Waals surface area contributed by atoms with Gasteiger partial charge in [-0.25, -0.2) is 0 Å². The van der Waals surface area contributed by atoms with E-state index in [1.807, 2.05) is 29.2 Å².